The van der Waals surface area contributed by atoms with E-state index in [9.17, 15) is 19.7 Å². The van der Waals surface area contributed by atoms with Crippen LogP contribution in [0.3, 0.4) is 0 Å². The summed E-state index contributed by atoms with van der Waals surface area (Å²) >= 11 is 0. The molecule has 1 aromatic carbocycles. The Morgan fingerprint density at radius 1 is 1.48 bits per heavy atom. The monoisotopic (exact) mass is 294 g/mol. The number of hydrogen-bond acceptors (Lipinski definition) is 5. The van der Waals surface area contributed by atoms with Crippen LogP contribution < -0.4 is 10.1 Å². The van der Waals surface area contributed by atoms with Crippen molar-refractivity contribution in [3.63, 3.8) is 0 Å². The molecule has 0 heterocycles. The summed E-state index contributed by atoms with van der Waals surface area (Å²) in [6.07, 6.45) is 1.25. The van der Waals surface area contributed by atoms with Crippen LogP contribution in [0.5, 0.6) is 5.75 Å². The standard InChI is InChI=1S/C14H18N2O5/c1-4-14(2,3)15-13(18)9-21-12-6-5-10(8-17)7-11(12)16(19)20/h5-8H,4,9H2,1-3H3,(H,15,18). The number of hydrogen-bond donors (Lipinski definition) is 1. The molecule has 0 aliphatic carbocycles. The summed E-state index contributed by atoms with van der Waals surface area (Å²) in [5.41, 5.74) is -0.541. The molecule has 7 heteroatoms. The average Bonchev–Trinajstić information content (AvgIpc) is 2.44. The number of nitro groups is 1. The number of nitrogens with zero attached hydrogens (tertiary/aromatic N) is 1. The number of carbonyl (C=O) groups excluding carboxylic acids is 2. The lowest BCUT2D eigenvalue weighted by molar-refractivity contribution is -0.385. The van der Waals surface area contributed by atoms with Gasteiger partial charge in [-0.1, -0.05) is 6.92 Å². The molecule has 0 aliphatic rings. The first-order valence-corrected chi connectivity index (χ1v) is 6.46. The molecule has 114 valence electrons. The predicted octanol–water partition coefficient (Wildman–Crippen LogP) is 2.09. The van der Waals surface area contributed by atoms with Gasteiger partial charge < -0.3 is 10.1 Å². The van der Waals surface area contributed by atoms with Crippen LogP contribution in [-0.4, -0.2) is 29.3 Å². The summed E-state index contributed by atoms with van der Waals surface area (Å²) in [7, 11) is 0. The molecule has 0 saturated heterocycles. The Hall–Kier alpha value is -2.44. The van der Waals surface area contributed by atoms with Crippen molar-refractivity contribution >= 4 is 17.9 Å². The summed E-state index contributed by atoms with van der Waals surface area (Å²) < 4.78 is 5.18. The predicted molar refractivity (Wildman–Crippen MR) is 76.5 cm³/mol. The van der Waals surface area contributed by atoms with E-state index in [-0.39, 0.29) is 35.1 Å². The van der Waals surface area contributed by atoms with Gasteiger partial charge in [-0.25, -0.2) is 0 Å². The van der Waals surface area contributed by atoms with E-state index in [1.807, 2.05) is 20.8 Å². The van der Waals surface area contributed by atoms with E-state index in [2.05, 4.69) is 5.32 Å². The molecule has 7 nitrogen and oxygen atoms in total. The molecule has 0 radical (unpaired) electrons. The molecule has 1 amide bonds. The third-order valence-electron chi connectivity index (χ3n) is 3.04. The highest BCUT2D eigenvalue weighted by atomic mass is 16.6. The fourth-order valence-corrected chi connectivity index (χ4v) is 1.52. The zero-order valence-corrected chi connectivity index (χ0v) is 12.2. The van der Waals surface area contributed by atoms with Gasteiger partial charge in [-0.15, -0.1) is 0 Å². The molecule has 1 rings (SSSR count). The molecular formula is C14H18N2O5. The van der Waals surface area contributed by atoms with Crippen molar-refractivity contribution in [1.82, 2.24) is 5.32 Å². The Bertz CT molecular complexity index is 554. The van der Waals surface area contributed by atoms with E-state index in [4.69, 9.17) is 4.74 Å². The average molecular weight is 294 g/mol. The molecule has 0 unspecified atom stereocenters. The molecule has 0 atom stereocenters. The lowest BCUT2D eigenvalue weighted by Crippen LogP contribution is -2.44. The van der Waals surface area contributed by atoms with Crippen LogP contribution in [0.15, 0.2) is 18.2 Å². The molecule has 1 N–H and O–H groups in total. The Balaban J connectivity index is 2.77. The fraction of sp³-hybridized carbons (Fsp3) is 0.429. The van der Waals surface area contributed by atoms with E-state index >= 15 is 0 Å². The highest BCUT2D eigenvalue weighted by Crippen LogP contribution is 2.27. The van der Waals surface area contributed by atoms with Gasteiger partial charge in [0.2, 0.25) is 0 Å². The van der Waals surface area contributed by atoms with Crippen molar-refractivity contribution in [3.8, 4) is 5.75 Å². The van der Waals surface area contributed by atoms with E-state index < -0.39 is 4.92 Å². The minimum absolute atomic E-state index is 0.0462. The quantitative estimate of drug-likeness (QED) is 0.471. The zero-order chi connectivity index (χ0) is 16.0. The number of nitro benzene ring substituents is 1. The lowest BCUT2D eigenvalue weighted by atomic mass is 10.0. The van der Waals surface area contributed by atoms with Gasteiger partial charge in [0.05, 0.1) is 4.92 Å². The first-order chi connectivity index (χ1) is 9.79. The summed E-state index contributed by atoms with van der Waals surface area (Å²) in [4.78, 5) is 32.6. The Labute approximate surface area is 122 Å². The van der Waals surface area contributed by atoms with Crippen LogP contribution >= 0.6 is 0 Å². The number of amides is 1. The van der Waals surface area contributed by atoms with Crippen LogP contribution in [0.1, 0.15) is 37.6 Å². The van der Waals surface area contributed by atoms with Crippen LogP contribution in [-0.2, 0) is 4.79 Å². The van der Waals surface area contributed by atoms with E-state index in [1.165, 1.54) is 12.1 Å². The summed E-state index contributed by atoms with van der Waals surface area (Å²) in [5.74, 6) is -0.411. The normalized spacial score (nSPS) is 10.8. The molecular weight excluding hydrogens is 276 g/mol. The van der Waals surface area contributed by atoms with Crippen molar-refractivity contribution < 1.29 is 19.2 Å². The number of ether oxygens (including phenoxy) is 1. The first-order valence-electron chi connectivity index (χ1n) is 6.46. The van der Waals surface area contributed by atoms with E-state index in [1.54, 1.807) is 0 Å². The van der Waals surface area contributed by atoms with Gasteiger partial charge in [-0.2, -0.15) is 0 Å². The lowest BCUT2D eigenvalue weighted by Gasteiger charge is -2.24. The zero-order valence-electron chi connectivity index (χ0n) is 12.2. The molecule has 1 aromatic rings. The number of nitrogens with one attached hydrogen (secondary N) is 1. The van der Waals surface area contributed by atoms with Gasteiger partial charge in [-0.05, 0) is 32.4 Å². The Kier molecular flexibility index (Phi) is 5.40. The third kappa shape index (κ3) is 4.87. The number of aldehydes is 1. The maximum atomic E-state index is 11.7. The Morgan fingerprint density at radius 2 is 2.14 bits per heavy atom. The fourth-order valence-electron chi connectivity index (χ4n) is 1.52. The van der Waals surface area contributed by atoms with Gasteiger partial charge in [0.1, 0.15) is 6.29 Å². The number of benzene rings is 1. The Morgan fingerprint density at radius 3 is 2.67 bits per heavy atom. The summed E-state index contributed by atoms with van der Waals surface area (Å²) in [6.45, 7) is 5.34. The maximum absolute atomic E-state index is 11.7. The van der Waals surface area contributed by atoms with Crippen LogP contribution in [0.2, 0.25) is 0 Å². The molecule has 0 aliphatic heterocycles. The maximum Gasteiger partial charge on any atom is 0.311 e. The van der Waals surface area contributed by atoms with Gasteiger partial charge >= 0.3 is 5.69 Å². The first kappa shape index (κ1) is 16.6. The van der Waals surface area contributed by atoms with E-state index in [0.717, 1.165) is 12.5 Å². The van der Waals surface area contributed by atoms with Gasteiger partial charge in [0.15, 0.2) is 12.4 Å². The SMILES string of the molecule is CCC(C)(C)NC(=O)COc1ccc(C=O)cc1[N+](=O)[O-]. The van der Waals surface area contributed by atoms with Crippen molar-refractivity contribution in [2.75, 3.05) is 6.61 Å². The minimum Gasteiger partial charge on any atom is -0.477 e. The van der Waals surface area contributed by atoms with Crippen molar-refractivity contribution in [3.05, 3.63) is 33.9 Å². The van der Waals surface area contributed by atoms with Gasteiger partial charge in [0, 0.05) is 17.2 Å². The molecule has 0 aromatic heterocycles. The number of carbonyl (C=O) groups is 2. The highest BCUT2D eigenvalue weighted by molar-refractivity contribution is 5.79. The van der Waals surface area contributed by atoms with Crippen molar-refractivity contribution in [2.45, 2.75) is 32.7 Å². The summed E-state index contributed by atoms with van der Waals surface area (Å²) in [6, 6.07) is 3.81. The molecule has 0 bridgehead atoms. The molecule has 0 fully saturated rings. The van der Waals surface area contributed by atoms with Crippen molar-refractivity contribution in [2.24, 2.45) is 0 Å². The highest BCUT2D eigenvalue weighted by Gasteiger charge is 2.20. The summed E-state index contributed by atoms with van der Waals surface area (Å²) in [5, 5.41) is 13.7. The van der Waals surface area contributed by atoms with Crippen molar-refractivity contribution in [1.29, 1.82) is 0 Å². The largest absolute Gasteiger partial charge is 0.477 e. The minimum atomic E-state index is -0.657. The van der Waals surface area contributed by atoms with Crippen LogP contribution in [0, 0.1) is 10.1 Å². The smallest absolute Gasteiger partial charge is 0.311 e. The molecule has 0 saturated carbocycles. The third-order valence-corrected chi connectivity index (χ3v) is 3.04. The molecule has 21 heavy (non-hydrogen) atoms. The number of rotatable bonds is 7. The topological polar surface area (TPSA) is 98.5 Å². The second-order valence-electron chi connectivity index (χ2n) is 5.18. The second kappa shape index (κ2) is 6.83. The van der Waals surface area contributed by atoms with E-state index in [0.29, 0.717) is 6.29 Å². The van der Waals surface area contributed by atoms with Gasteiger partial charge in [-0.3, -0.25) is 19.7 Å². The molecule has 0 spiro atoms. The van der Waals surface area contributed by atoms with Crippen LogP contribution in [0.4, 0.5) is 5.69 Å². The van der Waals surface area contributed by atoms with Gasteiger partial charge in [0.25, 0.3) is 5.91 Å². The second-order valence-corrected chi connectivity index (χ2v) is 5.18. The van der Waals surface area contributed by atoms with Crippen LogP contribution in [0.25, 0.3) is 0 Å².